The van der Waals surface area contributed by atoms with Crippen LogP contribution in [0.3, 0.4) is 0 Å². The second-order valence-electron chi connectivity index (χ2n) is 6.78. The van der Waals surface area contributed by atoms with E-state index in [4.69, 9.17) is 0 Å². The molecule has 31 heavy (non-hydrogen) atoms. The lowest BCUT2D eigenvalue weighted by Crippen LogP contribution is -2.49. The number of nitrogens with zero attached hydrogens (tertiary/aromatic N) is 4. The highest BCUT2D eigenvalue weighted by atomic mass is 19.1. The highest BCUT2D eigenvalue weighted by Gasteiger charge is 2.25. The van der Waals surface area contributed by atoms with Crippen molar-refractivity contribution in [3.05, 3.63) is 47.7 Å². The van der Waals surface area contributed by atoms with Gasteiger partial charge in [-0.1, -0.05) is 0 Å². The molecule has 0 unspecified atom stereocenters. The number of hydrogen-bond donors (Lipinski definition) is 3. The Hall–Kier alpha value is -3.76. The van der Waals surface area contributed by atoms with Crippen molar-refractivity contribution in [1.82, 2.24) is 25.5 Å². The van der Waals surface area contributed by atoms with E-state index in [2.05, 4.69) is 25.9 Å². The number of nitrogens with one attached hydrogen (secondary N) is 3. The molecular weight excluding hydrogens is 405 g/mol. The fourth-order valence-corrected chi connectivity index (χ4v) is 3.17. The molecule has 0 bridgehead atoms. The maximum atomic E-state index is 14.4. The van der Waals surface area contributed by atoms with Gasteiger partial charge in [0, 0.05) is 46.0 Å². The van der Waals surface area contributed by atoms with Crippen molar-refractivity contribution in [2.45, 2.75) is 6.92 Å². The summed E-state index contributed by atoms with van der Waals surface area (Å²) < 4.78 is 14.4. The number of urea groups is 1. The summed E-state index contributed by atoms with van der Waals surface area (Å²) in [6, 6.07) is 5.79. The van der Waals surface area contributed by atoms with Gasteiger partial charge < -0.3 is 20.4 Å². The van der Waals surface area contributed by atoms with E-state index >= 15 is 0 Å². The molecule has 2 aromatic heterocycles. The van der Waals surface area contributed by atoms with Crippen LogP contribution in [0.15, 0.2) is 30.5 Å². The molecule has 0 atom stereocenters. The quantitative estimate of drug-likeness (QED) is 0.612. The van der Waals surface area contributed by atoms with Gasteiger partial charge in [-0.05, 0) is 31.2 Å². The molecule has 164 valence electrons. The van der Waals surface area contributed by atoms with Crippen molar-refractivity contribution in [3.63, 3.8) is 0 Å². The van der Waals surface area contributed by atoms with E-state index in [1.807, 2.05) is 0 Å². The predicted molar refractivity (Wildman–Crippen MR) is 113 cm³/mol. The summed E-state index contributed by atoms with van der Waals surface area (Å²) in [6.45, 7) is 3.94. The highest BCUT2D eigenvalue weighted by Crippen LogP contribution is 2.20. The second kappa shape index (κ2) is 9.83. The van der Waals surface area contributed by atoms with Gasteiger partial charge in [0.25, 0.3) is 11.8 Å². The molecule has 0 aromatic carbocycles. The van der Waals surface area contributed by atoms with Gasteiger partial charge in [-0.3, -0.25) is 14.9 Å². The zero-order valence-corrected chi connectivity index (χ0v) is 17.3. The fourth-order valence-electron chi connectivity index (χ4n) is 3.17. The Morgan fingerprint density at radius 3 is 2.42 bits per heavy atom. The number of piperazine rings is 1. The van der Waals surface area contributed by atoms with Crippen LogP contribution in [0.25, 0.3) is 0 Å². The van der Waals surface area contributed by atoms with Crippen molar-refractivity contribution in [2.75, 3.05) is 50.0 Å². The lowest BCUT2D eigenvalue weighted by molar-refractivity contribution is 0.0746. The van der Waals surface area contributed by atoms with Crippen LogP contribution >= 0.6 is 0 Å². The molecule has 0 radical (unpaired) electrons. The Morgan fingerprint density at radius 1 is 1.10 bits per heavy atom. The molecule has 4 amide bonds. The van der Waals surface area contributed by atoms with E-state index in [9.17, 15) is 18.8 Å². The monoisotopic (exact) mass is 429 g/mol. The summed E-state index contributed by atoms with van der Waals surface area (Å²) in [4.78, 5) is 47.1. The van der Waals surface area contributed by atoms with Gasteiger partial charge in [0.15, 0.2) is 0 Å². The second-order valence-corrected chi connectivity index (χ2v) is 6.78. The lowest BCUT2D eigenvalue weighted by atomic mass is 10.2. The highest BCUT2D eigenvalue weighted by molar-refractivity contribution is 5.95. The number of amides is 4. The third kappa shape index (κ3) is 5.24. The largest absolute Gasteiger partial charge is 0.364 e. The molecule has 0 aliphatic carbocycles. The number of anilines is 2. The van der Waals surface area contributed by atoms with Crippen molar-refractivity contribution < 1.29 is 18.8 Å². The standard InChI is InChI=1S/C20H24FN7O3/c1-3-23-20(31)26-16-7-4-13(12-24-16)19(30)28-10-8-27(9-11-28)15-6-5-14(18(29)22-2)25-17(15)21/h4-7,12H,3,8-11H2,1-2H3,(H,22,29)(H2,23,24,26,31). The summed E-state index contributed by atoms with van der Waals surface area (Å²) >= 11 is 0. The minimum absolute atomic E-state index is 0.00942. The summed E-state index contributed by atoms with van der Waals surface area (Å²) in [5.41, 5.74) is 0.704. The van der Waals surface area contributed by atoms with Gasteiger partial charge in [0.2, 0.25) is 5.95 Å². The van der Waals surface area contributed by atoms with Crippen LogP contribution in [0.4, 0.5) is 20.7 Å². The minimum Gasteiger partial charge on any atom is -0.364 e. The van der Waals surface area contributed by atoms with E-state index < -0.39 is 11.9 Å². The molecule has 10 nitrogen and oxygen atoms in total. The summed E-state index contributed by atoms with van der Waals surface area (Å²) in [7, 11) is 1.45. The predicted octanol–water partition coefficient (Wildman–Crippen LogP) is 1.08. The third-order valence-corrected chi connectivity index (χ3v) is 4.79. The Balaban J connectivity index is 1.58. The van der Waals surface area contributed by atoms with Gasteiger partial charge in [-0.25, -0.2) is 14.8 Å². The van der Waals surface area contributed by atoms with Crippen LogP contribution in [-0.2, 0) is 0 Å². The number of carbonyl (C=O) groups is 3. The van der Waals surface area contributed by atoms with Crippen LogP contribution in [0.5, 0.6) is 0 Å². The van der Waals surface area contributed by atoms with Crippen LogP contribution in [-0.4, -0.2) is 72.5 Å². The number of rotatable bonds is 5. The van der Waals surface area contributed by atoms with E-state index in [1.165, 1.54) is 25.4 Å². The zero-order chi connectivity index (χ0) is 22.4. The Kier molecular flexibility index (Phi) is 6.96. The molecule has 1 saturated heterocycles. The fraction of sp³-hybridized carbons (Fsp3) is 0.350. The van der Waals surface area contributed by atoms with Gasteiger partial charge in [0.1, 0.15) is 11.5 Å². The van der Waals surface area contributed by atoms with Crippen molar-refractivity contribution in [2.24, 2.45) is 0 Å². The van der Waals surface area contributed by atoms with E-state index in [-0.39, 0.29) is 17.6 Å². The van der Waals surface area contributed by atoms with Crippen LogP contribution in [0.2, 0.25) is 0 Å². The van der Waals surface area contributed by atoms with E-state index in [0.717, 1.165) is 0 Å². The number of carbonyl (C=O) groups excluding carboxylic acids is 3. The van der Waals surface area contributed by atoms with Crippen LogP contribution in [0.1, 0.15) is 27.8 Å². The van der Waals surface area contributed by atoms with Gasteiger partial charge in [-0.15, -0.1) is 0 Å². The smallest absolute Gasteiger partial charge is 0.320 e. The molecular formula is C20H24FN7O3. The molecule has 3 rings (SSSR count). The minimum atomic E-state index is -0.722. The van der Waals surface area contributed by atoms with Crippen molar-refractivity contribution in [1.29, 1.82) is 0 Å². The summed E-state index contributed by atoms with van der Waals surface area (Å²) in [5.74, 6) is -1.03. The Morgan fingerprint density at radius 2 is 1.84 bits per heavy atom. The first-order valence-electron chi connectivity index (χ1n) is 9.86. The molecule has 1 fully saturated rings. The van der Waals surface area contributed by atoms with E-state index in [0.29, 0.717) is 49.8 Å². The van der Waals surface area contributed by atoms with E-state index in [1.54, 1.807) is 28.9 Å². The van der Waals surface area contributed by atoms with Gasteiger partial charge in [0.05, 0.1) is 11.3 Å². The van der Waals surface area contributed by atoms with Crippen LogP contribution < -0.4 is 20.9 Å². The summed E-state index contributed by atoms with van der Waals surface area (Å²) in [6.07, 6.45) is 1.41. The third-order valence-electron chi connectivity index (χ3n) is 4.79. The topological polar surface area (TPSA) is 120 Å². The van der Waals surface area contributed by atoms with Gasteiger partial charge in [-0.2, -0.15) is 4.39 Å². The first-order valence-corrected chi connectivity index (χ1v) is 9.86. The number of halogens is 1. The lowest BCUT2D eigenvalue weighted by Gasteiger charge is -2.36. The van der Waals surface area contributed by atoms with Gasteiger partial charge >= 0.3 is 6.03 Å². The Labute approximate surface area is 178 Å². The molecule has 1 aliphatic rings. The maximum absolute atomic E-state index is 14.4. The molecule has 3 heterocycles. The molecule has 11 heteroatoms. The normalized spacial score (nSPS) is 13.5. The molecule has 3 N–H and O–H groups in total. The molecule has 0 spiro atoms. The number of pyridine rings is 2. The summed E-state index contributed by atoms with van der Waals surface area (Å²) in [5, 5.41) is 7.57. The van der Waals surface area contributed by atoms with Crippen LogP contribution in [0, 0.1) is 5.95 Å². The van der Waals surface area contributed by atoms with Crippen molar-refractivity contribution >= 4 is 29.4 Å². The number of hydrogen-bond acceptors (Lipinski definition) is 6. The maximum Gasteiger partial charge on any atom is 0.320 e. The Bertz CT molecular complexity index is 960. The first-order chi connectivity index (χ1) is 14.9. The van der Waals surface area contributed by atoms with Crippen molar-refractivity contribution in [3.8, 4) is 0 Å². The molecule has 1 aliphatic heterocycles. The zero-order valence-electron chi connectivity index (χ0n) is 17.3. The first kappa shape index (κ1) is 21.9. The SMILES string of the molecule is CCNC(=O)Nc1ccc(C(=O)N2CCN(c3ccc(C(=O)NC)nc3F)CC2)cn1. The number of aromatic nitrogens is 2. The average Bonchev–Trinajstić information content (AvgIpc) is 2.79. The molecule has 2 aromatic rings. The molecule has 0 saturated carbocycles. The average molecular weight is 429 g/mol.